The smallest absolute Gasteiger partial charge is 0.378 e. The van der Waals surface area contributed by atoms with Crippen LogP contribution in [-0.4, -0.2) is 51.8 Å². The molecule has 0 radical (unpaired) electrons. The van der Waals surface area contributed by atoms with E-state index in [9.17, 15) is 14.9 Å². The van der Waals surface area contributed by atoms with Gasteiger partial charge in [0.25, 0.3) is 5.91 Å². The Labute approximate surface area is 96.9 Å². The van der Waals surface area contributed by atoms with E-state index in [1.54, 1.807) is 4.90 Å². The molecule has 1 saturated heterocycles. The van der Waals surface area contributed by atoms with Crippen molar-refractivity contribution in [3.8, 4) is 0 Å². The van der Waals surface area contributed by atoms with Gasteiger partial charge in [-0.2, -0.15) is 4.68 Å². The predicted molar refractivity (Wildman–Crippen MR) is 56.6 cm³/mol. The predicted octanol–water partition coefficient (Wildman–Crippen LogP) is -0.199. The number of ether oxygens (including phenoxy) is 1. The number of aryl methyl sites for hydroxylation is 1. The molecule has 0 unspecified atom stereocenters. The number of amides is 1. The Morgan fingerprint density at radius 2 is 2.18 bits per heavy atom. The third kappa shape index (κ3) is 2.26. The number of nitro groups is 1. The highest BCUT2D eigenvalue weighted by molar-refractivity contribution is 5.93. The first-order chi connectivity index (χ1) is 8.09. The lowest BCUT2D eigenvalue weighted by atomic mass is 10.3. The van der Waals surface area contributed by atoms with Crippen LogP contribution in [0.2, 0.25) is 0 Å². The summed E-state index contributed by atoms with van der Waals surface area (Å²) in [5.74, 6) is -0.569. The second kappa shape index (κ2) is 4.50. The molecule has 2 rings (SSSR count). The van der Waals surface area contributed by atoms with Gasteiger partial charge in [0.1, 0.15) is 0 Å². The molecule has 1 aliphatic heterocycles. The zero-order chi connectivity index (χ0) is 12.4. The molecule has 1 aliphatic rings. The summed E-state index contributed by atoms with van der Waals surface area (Å²) < 4.78 is 6.37. The quantitative estimate of drug-likeness (QED) is 0.527. The highest BCUT2D eigenvalue weighted by Gasteiger charge is 2.26. The third-order valence-corrected chi connectivity index (χ3v) is 2.57. The molecule has 8 heteroatoms. The third-order valence-electron chi connectivity index (χ3n) is 2.57. The van der Waals surface area contributed by atoms with E-state index in [4.69, 9.17) is 4.74 Å². The van der Waals surface area contributed by atoms with Crippen molar-refractivity contribution in [3.63, 3.8) is 0 Å². The molecule has 92 valence electrons. The second-order valence-electron chi connectivity index (χ2n) is 3.67. The summed E-state index contributed by atoms with van der Waals surface area (Å²) in [4.78, 5) is 23.6. The van der Waals surface area contributed by atoms with Crippen molar-refractivity contribution in [1.29, 1.82) is 0 Å². The molecule has 17 heavy (non-hydrogen) atoms. The van der Waals surface area contributed by atoms with E-state index in [1.165, 1.54) is 17.8 Å². The Morgan fingerprint density at radius 1 is 1.53 bits per heavy atom. The minimum absolute atomic E-state index is 0.221. The number of morpholine rings is 1. The molecule has 0 saturated carbocycles. The van der Waals surface area contributed by atoms with Gasteiger partial charge >= 0.3 is 5.82 Å². The van der Waals surface area contributed by atoms with Gasteiger partial charge in [-0.25, -0.2) is 0 Å². The van der Waals surface area contributed by atoms with E-state index in [1.807, 2.05) is 0 Å². The van der Waals surface area contributed by atoms with Crippen molar-refractivity contribution in [2.75, 3.05) is 26.3 Å². The van der Waals surface area contributed by atoms with Gasteiger partial charge in [0.05, 0.1) is 31.4 Å². The highest BCUT2D eigenvalue weighted by Crippen LogP contribution is 2.13. The summed E-state index contributed by atoms with van der Waals surface area (Å²) in [5, 5.41) is 14.2. The van der Waals surface area contributed by atoms with Crippen LogP contribution in [0, 0.1) is 10.1 Å². The Hall–Kier alpha value is -1.96. The number of nitrogens with zero attached hydrogens (tertiary/aromatic N) is 4. The van der Waals surface area contributed by atoms with E-state index in [2.05, 4.69) is 5.10 Å². The lowest BCUT2D eigenvalue weighted by molar-refractivity contribution is -0.389. The number of carbonyl (C=O) groups excluding carboxylic acids is 1. The molecule has 0 aromatic carbocycles. The summed E-state index contributed by atoms with van der Waals surface area (Å²) in [7, 11) is 1.51. The fourth-order valence-electron chi connectivity index (χ4n) is 1.67. The van der Waals surface area contributed by atoms with Crippen LogP contribution in [0.1, 0.15) is 10.5 Å². The largest absolute Gasteiger partial charge is 0.390 e. The van der Waals surface area contributed by atoms with Crippen molar-refractivity contribution in [3.05, 3.63) is 21.9 Å². The molecule has 0 bridgehead atoms. The number of aromatic nitrogens is 2. The topological polar surface area (TPSA) is 90.5 Å². The van der Waals surface area contributed by atoms with Crippen LogP contribution in [0.5, 0.6) is 0 Å². The number of rotatable bonds is 2. The Kier molecular flexibility index (Phi) is 3.05. The van der Waals surface area contributed by atoms with Gasteiger partial charge in [0.15, 0.2) is 5.69 Å². The average molecular weight is 240 g/mol. The van der Waals surface area contributed by atoms with Crippen LogP contribution in [0.15, 0.2) is 6.07 Å². The van der Waals surface area contributed by atoms with Crippen LogP contribution >= 0.6 is 0 Å². The maximum Gasteiger partial charge on any atom is 0.390 e. The van der Waals surface area contributed by atoms with E-state index < -0.39 is 4.92 Å². The maximum absolute atomic E-state index is 12.0. The van der Waals surface area contributed by atoms with Crippen molar-refractivity contribution >= 4 is 11.7 Å². The SMILES string of the molecule is Cn1nc([N+](=O)[O-])cc1C(=O)N1CCOCC1. The summed E-state index contributed by atoms with van der Waals surface area (Å²) in [6.45, 7) is 1.98. The molecule has 0 N–H and O–H groups in total. The standard InChI is InChI=1S/C9H12N4O4/c1-11-7(6-8(10-11)13(15)16)9(14)12-2-4-17-5-3-12/h6H,2-5H2,1H3. The normalized spacial score (nSPS) is 15.9. The zero-order valence-corrected chi connectivity index (χ0v) is 9.33. The van der Waals surface area contributed by atoms with Crippen molar-refractivity contribution in [1.82, 2.24) is 14.7 Å². The van der Waals surface area contributed by atoms with Crippen LogP contribution < -0.4 is 0 Å². The first kappa shape index (κ1) is 11.5. The van der Waals surface area contributed by atoms with Gasteiger partial charge in [-0.05, 0) is 4.92 Å². The zero-order valence-electron chi connectivity index (χ0n) is 9.33. The molecule has 1 aromatic rings. The molecule has 1 aromatic heterocycles. The fraction of sp³-hybridized carbons (Fsp3) is 0.556. The first-order valence-corrected chi connectivity index (χ1v) is 5.15. The van der Waals surface area contributed by atoms with Crippen molar-refractivity contribution in [2.24, 2.45) is 7.05 Å². The van der Waals surface area contributed by atoms with Crippen molar-refractivity contribution in [2.45, 2.75) is 0 Å². The molecular formula is C9H12N4O4. The number of hydrogen-bond donors (Lipinski definition) is 0. The van der Waals surface area contributed by atoms with Gasteiger partial charge in [-0.15, -0.1) is 0 Å². The Balaban J connectivity index is 2.20. The van der Waals surface area contributed by atoms with Crippen LogP contribution in [0.3, 0.4) is 0 Å². The lowest BCUT2D eigenvalue weighted by Crippen LogP contribution is -2.41. The van der Waals surface area contributed by atoms with E-state index in [-0.39, 0.29) is 17.4 Å². The molecule has 1 fully saturated rings. The molecule has 1 amide bonds. The van der Waals surface area contributed by atoms with Crippen LogP contribution in [0.4, 0.5) is 5.82 Å². The minimum Gasteiger partial charge on any atom is -0.378 e. The fourth-order valence-corrected chi connectivity index (χ4v) is 1.67. The maximum atomic E-state index is 12.0. The lowest BCUT2D eigenvalue weighted by Gasteiger charge is -2.26. The summed E-state index contributed by atoms with van der Waals surface area (Å²) >= 11 is 0. The van der Waals surface area contributed by atoms with Gasteiger partial charge in [-0.1, -0.05) is 0 Å². The number of carbonyl (C=O) groups is 1. The Bertz CT molecular complexity index is 450. The average Bonchev–Trinajstić information content (AvgIpc) is 2.72. The monoisotopic (exact) mass is 240 g/mol. The van der Waals surface area contributed by atoms with Crippen molar-refractivity contribution < 1.29 is 14.5 Å². The second-order valence-corrected chi connectivity index (χ2v) is 3.67. The van der Waals surface area contributed by atoms with Crippen LogP contribution in [0.25, 0.3) is 0 Å². The minimum atomic E-state index is -0.615. The summed E-state index contributed by atoms with van der Waals surface area (Å²) in [6, 6.07) is 1.19. The molecule has 8 nitrogen and oxygen atoms in total. The first-order valence-electron chi connectivity index (χ1n) is 5.15. The van der Waals surface area contributed by atoms with Gasteiger partial charge in [0, 0.05) is 13.1 Å². The summed E-state index contributed by atoms with van der Waals surface area (Å²) in [5.41, 5.74) is 0.221. The molecule has 0 atom stereocenters. The molecule has 0 spiro atoms. The molecular weight excluding hydrogens is 228 g/mol. The Morgan fingerprint density at radius 3 is 2.71 bits per heavy atom. The van der Waals surface area contributed by atoms with Gasteiger partial charge in [0.2, 0.25) is 0 Å². The highest BCUT2D eigenvalue weighted by atomic mass is 16.6. The van der Waals surface area contributed by atoms with E-state index >= 15 is 0 Å². The van der Waals surface area contributed by atoms with Crippen LogP contribution in [-0.2, 0) is 11.8 Å². The van der Waals surface area contributed by atoms with Gasteiger partial charge < -0.3 is 19.8 Å². The molecule has 2 heterocycles. The van der Waals surface area contributed by atoms with Gasteiger partial charge in [-0.3, -0.25) is 4.79 Å². The number of hydrogen-bond acceptors (Lipinski definition) is 5. The molecule has 0 aliphatic carbocycles. The van der Waals surface area contributed by atoms with E-state index in [0.29, 0.717) is 26.3 Å². The van der Waals surface area contributed by atoms with E-state index in [0.717, 1.165) is 0 Å². The summed E-state index contributed by atoms with van der Waals surface area (Å²) in [6.07, 6.45) is 0.